The zero-order chi connectivity index (χ0) is 48.5. The number of alkyl halides is 3. The van der Waals surface area contributed by atoms with Crippen LogP contribution in [0.4, 0.5) is 24.5 Å². The Kier molecular flexibility index (Phi) is 16.6. The van der Waals surface area contributed by atoms with Gasteiger partial charge in [0.1, 0.15) is 0 Å². The molecular formula is C44H53F3N10O9S2. The minimum absolute atomic E-state index is 0.0172. The lowest BCUT2D eigenvalue weighted by Gasteiger charge is -2.43. The zero-order valence-electron chi connectivity index (χ0n) is 37.0. The molecule has 3 N–H and O–H groups in total. The molecule has 8 rings (SSSR count). The second-order valence-corrected chi connectivity index (χ2v) is 20.0. The minimum atomic E-state index is -5.09. The second-order valence-electron chi connectivity index (χ2n) is 16.3. The van der Waals surface area contributed by atoms with E-state index in [4.69, 9.17) is 15.2 Å². The molecule has 2 aromatic heterocycles. The van der Waals surface area contributed by atoms with Crippen LogP contribution >= 0.6 is 0 Å². The molecule has 0 bridgehead atoms. The molecule has 0 unspecified atom stereocenters. The van der Waals surface area contributed by atoms with Gasteiger partial charge >= 0.3 is 32.5 Å². The normalized spacial score (nSPS) is 18.1. The van der Waals surface area contributed by atoms with Gasteiger partial charge in [-0.3, -0.25) is 42.8 Å². The van der Waals surface area contributed by atoms with E-state index in [1.54, 1.807) is 54.6 Å². The van der Waals surface area contributed by atoms with Gasteiger partial charge in [0.15, 0.2) is 11.6 Å². The van der Waals surface area contributed by atoms with Gasteiger partial charge in [-0.2, -0.15) is 38.6 Å². The summed E-state index contributed by atoms with van der Waals surface area (Å²) < 4.78 is 107. The maximum absolute atomic E-state index is 13.7. The summed E-state index contributed by atoms with van der Waals surface area (Å²) in [6.07, 6.45) is -2.50. The third-order valence-electron chi connectivity index (χ3n) is 11.9. The highest BCUT2D eigenvalue weighted by molar-refractivity contribution is 7.90. The van der Waals surface area contributed by atoms with Crippen molar-refractivity contribution in [3.8, 4) is 0 Å². The number of pyridine rings is 2. The van der Waals surface area contributed by atoms with Crippen LogP contribution in [0.5, 0.6) is 0 Å². The highest BCUT2D eigenvalue weighted by atomic mass is 32.2. The maximum Gasteiger partial charge on any atom is 0.471 e. The molecule has 0 spiro atoms. The number of rotatable bonds is 17. The molecule has 4 fully saturated rings. The number of ketones is 2. The van der Waals surface area contributed by atoms with E-state index in [1.807, 2.05) is 18.2 Å². The van der Waals surface area contributed by atoms with E-state index < -0.39 is 44.8 Å². The van der Waals surface area contributed by atoms with Gasteiger partial charge in [0, 0.05) is 75.9 Å². The first-order valence-electron chi connectivity index (χ1n) is 21.8. The Labute approximate surface area is 393 Å². The number of benzene rings is 2. The first-order chi connectivity index (χ1) is 32.5. The average molecular weight is 987 g/mol. The topological polar surface area (TPSA) is 221 Å². The average Bonchev–Trinajstić information content (AvgIpc) is 3.31. The van der Waals surface area contributed by atoms with Gasteiger partial charge in [0.25, 0.3) is 0 Å². The number of halogens is 3. The van der Waals surface area contributed by atoms with Crippen LogP contribution in [0.1, 0.15) is 32.1 Å². The summed E-state index contributed by atoms with van der Waals surface area (Å²) in [4.78, 5) is 47.8. The van der Waals surface area contributed by atoms with Crippen LogP contribution in [0.25, 0.3) is 0 Å². The van der Waals surface area contributed by atoms with Gasteiger partial charge in [-0.25, -0.2) is 0 Å². The Bertz CT molecular complexity index is 2550. The van der Waals surface area contributed by atoms with Crippen LogP contribution in [-0.2, 0) is 47.8 Å². The van der Waals surface area contributed by atoms with Gasteiger partial charge in [-0.05, 0) is 48.5 Å². The Morgan fingerprint density at radius 1 is 0.618 bits per heavy atom. The number of amides is 1. The van der Waals surface area contributed by atoms with Gasteiger partial charge in [0.2, 0.25) is 0 Å². The van der Waals surface area contributed by atoms with E-state index in [2.05, 4.69) is 19.8 Å². The number of nitrogens with two attached hydrogens (primary N) is 1. The van der Waals surface area contributed by atoms with E-state index in [9.17, 15) is 44.4 Å². The van der Waals surface area contributed by atoms with Crippen molar-refractivity contribution < 1.29 is 53.9 Å². The van der Waals surface area contributed by atoms with Crippen LogP contribution < -0.4 is 19.7 Å². The summed E-state index contributed by atoms with van der Waals surface area (Å²) in [5.41, 5.74) is 7.68. The molecule has 0 aliphatic carbocycles. The Morgan fingerprint density at radius 3 is 1.34 bits per heavy atom. The molecule has 0 saturated carbocycles. The lowest BCUT2D eigenvalue weighted by Crippen LogP contribution is -2.59. The Balaban J connectivity index is 0.000000204. The number of hydrogen-bond acceptors (Lipinski definition) is 14. The summed E-state index contributed by atoms with van der Waals surface area (Å²) in [6, 6.07) is 24.3. The van der Waals surface area contributed by atoms with Crippen LogP contribution in [0, 0.1) is 0 Å². The predicted molar refractivity (Wildman–Crippen MR) is 244 cm³/mol. The highest BCUT2D eigenvalue weighted by Gasteiger charge is 2.40. The molecule has 0 radical (unpaired) electrons. The third-order valence-corrected chi connectivity index (χ3v) is 15.7. The number of carbonyl (C=O) groups excluding carboxylic acids is 3. The molecule has 366 valence electrons. The van der Waals surface area contributed by atoms with Gasteiger partial charge < -0.3 is 20.5 Å². The van der Waals surface area contributed by atoms with Crippen molar-refractivity contribution in [2.45, 2.75) is 31.3 Å². The van der Waals surface area contributed by atoms with Crippen LogP contribution in [-0.4, -0.2) is 173 Å². The Hall–Kier alpha value is -5.44. The van der Waals surface area contributed by atoms with E-state index in [0.29, 0.717) is 106 Å². The molecule has 6 heterocycles. The van der Waals surface area contributed by atoms with Crippen molar-refractivity contribution in [3.05, 3.63) is 120 Å². The summed E-state index contributed by atoms with van der Waals surface area (Å²) in [5, 5.41) is 1.52. The number of carbonyl (C=O) groups is 3. The molecule has 2 aromatic carbocycles. The molecule has 4 aliphatic rings. The zero-order valence-corrected chi connectivity index (χ0v) is 38.6. The summed E-state index contributed by atoms with van der Waals surface area (Å²) in [7, 11) is -7.69. The second kappa shape index (κ2) is 22.3. The van der Waals surface area contributed by atoms with Crippen LogP contribution in [0.2, 0.25) is 0 Å². The SMILES string of the molecule is NCC(=O)c1ccc(CN(c2ccccc2)S(=O)(=O)N2CCN(C3COC3)CC2)nc1.O=C(CNC(=O)C(F)(F)F)c1ccc(CN(c2ccccc2)S(=O)(=O)N2CCN(C3COC3)CC2)nc1. The predicted octanol–water partition coefficient (Wildman–Crippen LogP) is 1.70. The van der Waals surface area contributed by atoms with Gasteiger partial charge in [0.05, 0.1) is 87.5 Å². The fraction of sp³-hybridized carbons (Fsp3) is 0.432. The number of para-hydroxylation sites is 2. The number of nitrogens with one attached hydrogen (secondary N) is 1. The fourth-order valence-electron chi connectivity index (χ4n) is 7.69. The molecule has 19 nitrogen and oxygen atoms in total. The van der Waals surface area contributed by atoms with Crippen molar-refractivity contribution in [1.82, 2.24) is 33.7 Å². The number of anilines is 2. The lowest BCUT2D eigenvalue weighted by molar-refractivity contribution is -0.173. The molecule has 4 aromatic rings. The highest BCUT2D eigenvalue weighted by Crippen LogP contribution is 2.27. The quantitative estimate of drug-likeness (QED) is 0.144. The summed E-state index contributed by atoms with van der Waals surface area (Å²) >= 11 is 0. The lowest BCUT2D eigenvalue weighted by atomic mass is 10.1. The monoisotopic (exact) mass is 986 g/mol. The van der Waals surface area contributed by atoms with E-state index >= 15 is 0 Å². The molecule has 4 saturated heterocycles. The smallest absolute Gasteiger partial charge is 0.378 e. The Morgan fingerprint density at radius 2 is 1.01 bits per heavy atom. The third kappa shape index (κ3) is 12.4. The summed E-state index contributed by atoms with van der Waals surface area (Å²) in [6.45, 7) is 5.83. The first-order valence-corrected chi connectivity index (χ1v) is 24.6. The maximum atomic E-state index is 13.7. The molecular weight excluding hydrogens is 934 g/mol. The number of piperazine rings is 2. The summed E-state index contributed by atoms with van der Waals surface area (Å²) in [5.74, 6) is -3.18. The van der Waals surface area contributed by atoms with E-state index in [-0.39, 0.29) is 31.0 Å². The molecule has 4 aliphatic heterocycles. The first kappa shape index (κ1) is 50.4. The van der Waals surface area contributed by atoms with Gasteiger partial charge in [-0.1, -0.05) is 36.4 Å². The molecule has 68 heavy (non-hydrogen) atoms. The molecule has 0 atom stereocenters. The van der Waals surface area contributed by atoms with E-state index in [1.165, 1.54) is 40.9 Å². The number of Topliss-reactive ketones (excluding diaryl/α,β-unsaturated/α-hetero) is 2. The van der Waals surface area contributed by atoms with Crippen molar-refractivity contribution in [3.63, 3.8) is 0 Å². The van der Waals surface area contributed by atoms with Crippen LogP contribution in [0.15, 0.2) is 97.3 Å². The number of nitrogens with zero attached hydrogens (tertiary/aromatic N) is 8. The van der Waals surface area contributed by atoms with Crippen LogP contribution in [0.3, 0.4) is 0 Å². The number of aromatic nitrogens is 2. The fourth-order valence-corrected chi connectivity index (χ4v) is 10.9. The standard InChI is InChI=1S/C23H26F3N5O5S.C21H27N5O4S/c24-23(25,26)22(33)28-13-21(32)17-6-7-18(27-12-17)14-31(19-4-2-1-3-5-19)37(34,35)30-10-8-29(9-11-30)20-15-36-16-20;22-12-21(27)17-6-7-18(23-13-17)14-26(19-4-2-1-3-5-19)31(28,29)25-10-8-24(9-11-25)20-15-30-16-20/h1-7,12,20H,8-11,13-16H2,(H,28,33);1-7,13,20H,8-12,14-16,22H2. The largest absolute Gasteiger partial charge is 0.471 e. The van der Waals surface area contributed by atoms with Crippen molar-refractivity contribution in [2.24, 2.45) is 5.73 Å². The molecule has 24 heteroatoms. The van der Waals surface area contributed by atoms with Crippen molar-refractivity contribution in [1.29, 1.82) is 0 Å². The van der Waals surface area contributed by atoms with Gasteiger partial charge in [-0.15, -0.1) is 0 Å². The van der Waals surface area contributed by atoms with Crippen molar-refractivity contribution >= 4 is 49.3 Å². The van der Waals surface area contributed by atoms with E-state index in [0.717, 1.165) is 19.4 Å². The number of ether oxygens (including phenoxy) is 2. The minimum Gasteiger partial charge on any atom is -0.378 e. The van der Waals surface area contributed by atoms with Crippen molar-refractivity contribution in [2.75, 3.05) is 100 Å². The molecule has 1 amide bonds. The number of hydrogen-bond donors (Lipinski definition) is 2.